The molecule has 0 saturated carbocycles. The molecule has 5 aliphatic rings. The number of nitrogens with zero attached hydrogens (tertiary/aromatic N) is 13. The smallest absolute Gasteiger partial charge is 0.282 e. The number of aliphatic hydroxyl groups excluding tert-OH is 2. The molecule has 8 amide bonds. The number of likely N-dealkylation sites (tertiary alicyclic amines) is 5. The third-order valence-corrected chi connectivity index (χ3v) is 26.9. The Morgan fingerprint density at radius 1 is 0.414 bits per heavy atom. The summed E-state index contributed by atoms with van der Waals surface area (Å²) in [4.78, 5) is 153. The third kappa shape index (κ3) is 28.5. The number of aryl methyl sites for hydroxylation is 4. The van der Waals surface area contributed by atoms with Gasteiger partial charge in [-0.05, 0) is 277 Å². The number of carbonyl (C=O) groups excluding carboxylic acids is 8. The van der Waals surface area contributed by atoms with Crippen LogP contribution in [0.3, 0.4) is 0 Å². The van der Waals surface area contributed by atoms with E-state index in [1.807, 2.05) is 108 Å². The van der Waals surface area contributed by atoms with Crippen molar-refractivity contribution in [3.8, 4) is 41.8 Å². The summed E-state index contributed by atoms with van der Waals surface area (Å²) in [6, 6.07) is 8.31. The second kappa shape index (κ2) is 42.8. The Bertz CT molecular complexity index is 5360. The lowest BCUT2D eigenvalue weighted by Gasteiger charge is -2.22. The zero-order valence-corrected chi connectivity index (χ0v) is 85.2. The third-order valence-electron chi connectivity index (χ3n) is 22.6. The number of carbonyl (C=O) groups is 8. The van der Waals surface area contributed by atoms with Gasteiger partial charge in [-0.2, -0.15) is 0 Å². The first-order chi connectivity index (χ1) is 61.8. The van der Waals surface area contributed by atoms with Crippen LogP contribution in [0, 0.1) is 27.7 Å². The molecule has 5 aliphatic heterocycles. The van der Waals surface area contributed by atoms with E-state index in [2.05, 4.69) is 146 Å². The van der Waals surface area contributed by atoms with Gasteiger partial charge in [0, 0.05) is 152 Å². The van der Waals surface area contributed by atoms with Crippen LogP contribution in [0.2, 0.25) is 0 Å². The molecule has 0 radical (unpaired) electrons. The average Bonchev–Trinajstić information content (AvgIpc) is 1.66. The molecule has 37 heteroatoms. The highest BCUT2D eigenvalue weighted by Crippen LogP contribution is 2.42. The van der Waals surface area contributed by atoms with Crippen molar-refractivity contribution < 1.29 is 63.9 Å². The van der Waals surface area contributed by atoms with E-state index in [9.17, 15) is 58.8 Å². The Labute approximate surface area is 797 Å². The van der Waals surface area contributed by atoms with Gasteiger partial charge < -0.3 is 87.2 Å². The molecular formula is C96H138N20O13S4. The van der Waals surface area contributed by atoms with E-state index < -0.39 is 47.2 Å². The van der Waals surface area contributed by atoms with E-state index in [1.165, 1.54) is 34.0 Å². The second-order valence-electron chi connectivity index (χ2n) is 41.3. The molecule has 724 valence electrons. The Morgan fingerprint density at radius 3 is 0.887 bits per heavy atom. The van der Waals surface area contributed by atoms with Gasteiger partial charge in [-0.3, -0.25) is 38.4 Å². The molecule has 13 heterocycles. The van der Waals surface area contributed by atoms with Crippen molar-refractivity contribution in [2.24, 2.45) is 0 Å². The van der Waals surface area contributed by atoms with Crippen LogP contribution in [-0.4, -0.2) is 272 Å². The molecule has 33 nitrogen and oxygen atoms in total. The van der Waals surface area contributed by atoms with Crippen LogP contribution in [0.15, 0.2) is 49.1 Å². The molecule has 12 N–H and O–H groups in total. The number of pyridine rings is 4. The van der Waals surface area contributed by atoms with E-state index >= 15 is 0 Å². The van der Waals surface area contributed by atoms with E-state index in [0.717, 1.165) is 130 Å². The lowest BCUT2D eigenvalue weighted by molar-refractivity contribution is 0.0571. The molecule has 133 heavy (non-hydrogen) atoms. The molecule has 5 fully saturated rings. The number of β-amino-alcohol motifs (C(OH)–C–C–N with tert-alkyl or cyclic N) is 1. The summed E-state index contributed by atoms with van der Waals surface area (Å²) < 4.78 is 0. The number of aliphatic hydroxyl groups is 5. The lowest BCUT2D eigenvalue weighted by atomic mass is 10.1. The van der Waals surface area contributed by atoms with Crippen molar-refractivity contribution in [3.05, 3.63) is 114 Å². The minimum absolute atomic E-state index is 0.0843. The highest BCUT2D eigenvalue weighted by atomic mass is 32.1. The minimum atomic E-state index is -1.06. The first-order valence-corrected chi connectivity index (χ1v) is 49.0. The van der Waals surface area contributed by atoms with Gasteiger partial charge in [-0.25, -0.2) is 39.9 Å². The van der Waals surface area contributed by atoms with Gasteiger partial charge >= 0.3 is 0 Å². The SMILES string of the molecule is Cc1cc(NC(C)(C)C)ncc1-c1sc(C(=O)N2CCC(C)(O)C2)nc1C(=O)N1CCC[C@@H]1C.Cc1cc(NC(C)(C)C)ncc1-c1sc(C(=O)NCC(C)(C)O)nc1C(=O)N1CCC[C@@H]1C.Cc1cc(NC(C)(C)C)ncc1-c1sc(C(=O)NCC(C)(C)O)nc1C(=O)N1CCC[C@@H]1C.Cc1cc(NC(C)(C)C)ncc1-c1sc(C(=O)NC[C@H](O)CO)nc1C(=O)N1CCC[C@@H]1C. The molecule has 1 unspecified atom stereocenters. The van der Waals surface area contributed by atoms with Gasteiger partial charge in [0.05, 0.1) is 49.0 Å². The molecule has 0 spiro atoms. The van der Waals surface area contributed by atoms with Gasteiger partial charge in [-0.1, -0.05) is 0 Å². The number of hydrogen-bond acceptors (Lipinski definition) is 29. The van der Waals surface area contributed by atoms with E-state index in [0.29, 0.717) is 64.3 Å². The number of amides is 8. The fourth-order valence-electron chi connectivity index (χ4n) is 15.8. The van der Waals surface area contributed by atoms with Crippen molar-refractivity contribution in [2.45, 2.75) is 300 Å². The summed E-state index contributed by atoms with van der Waals surface area (Å²) >= 11 is 4.72. The summed E-state index contributed by atoms with van der Waals surface area (Å²) in [5.74, 6) is 0.760. The van der Waals surface area contributed by atoms with Crippen LogP contribution in [0.5, 0.6) is 0 Å². The molecule has 8 aromatic rings. The number of nitrogens with one attached hydrogen (secondary N) is 7. The largest absolute Gasteiger partial charge is 0.394 e. The Hall–Kier alpha value is -10.1. The summed E-state index contributed by atoms with van der Waals surface area (Å²) in [7, 11) is 0. The minimum Gasteiger partial charge on any atom is -0.394 e. The Balaban J connectivity index is 0.000000184. The maximum absolute atomic E-state index is 13.6. The number of thiazole rings is 4. The van der Waals surface area contributed by atoms with Crippen molar-refractivity contribution in [2.75, 3.05) is 86.8 Å². The molecule has 6 atom stereocenters. The van der Waals surface area contributed by atoms with Crippen molar-refractivity contribution >= 4 is 116 Å². The van der Waals surface area contributed by atoms with E-state index in [-0.39, 0.29) is 139 Å². The quantitative estimate of drug-likeness (QED) is 0.0283. The zero-order chi connectivity index (χ0) is 98.3. The first kappa shape index (κ1) is 105. The first-order valence-electron chi connectivity index (χ1n) is 45.7. The van der Waals surface area contributed by atoms with Gasteiger partial charge in [0.15, 0.2) is 20.0 Å². The molecule has 0 aromatic carbocycles. The molecule has 0 aliphatic carbocycles. The zero-order valence-electron chi connectivity index (χ0n) is 81.9. The number of rotatable bonds is 23. The topological polar surface area (TPSA) is 441 Å². The summed E-state index contributed by atoms with van der Waals surface area (Å²) in [6.07, 6.45) is 14.0. The molecule has 0 bridgehead atoms. The normalized spacial score (nSPS) is 18.4. The molecule has 13 rings (SSSR count). The summed E-state index contributed by atoms with van der Waals surface area (Å²) in [6.45, 7) is 52.0. The van der Waals surface area contributed by atoms with Gasteiger partial charge in [0.2, 0.25) is 0 Å². The molecule has 8 aromatic heterocycles. The predicted octanol–water partition coefficient (Wildman–Crippen LogP) is 14.1. The number of anilines is 4. The Kier molecular flexibility index (Phi) is 33.8. The standard InChI is InChI=1S/C25H35N5O3S.2C24H35N5O3S.C23H33N5O4S/c1-15-12-18(28-24(3,4)5)26-13-17(15)20-19(22(31)30-10-7-8-16(30)2)27-21(34-20)23(32)29-11-9-25(6,33)14-29;2*1-14-11-17(28-23(3,4)5)25-12-16(14)19-18(22(31)29-10-8-9-15(29)2)27-21(33-19)20(30)26-13-24(6,7)32;1-13-9-17(27-23(3,4)5)24-11-16(13)19-18(22(32)28-8-6-7-14(28)2)26-21(33-19)20(31)25-10-15(30)12-29/h12-13,16,33H,7-11,14H2,1-6H3,(H,26,28);2*11-12,15,32H,8-10,13H2,1-7H3,(H,25,28)(H,26,30);9,11,14-15,29-30H,6-8,10,12H2,1-5H3,(H,24,27)(H,25,31)/t16-,25?;2*15-;14-,15-/m0000/s1. The fourth-order valence-corrected chi connectivity index (χ4v) is 20.0. The van der Waals surface area contributed by atoms with Crippen LogP contribution in [0.25, 0.3) is 41.8 Å². The number of aromatic nitrogens is 8. The molecule has 5 saturated heterocycles. The highest BCUT2D eigenvalue weighted by molar-refractivity contribution is 7.18. The Morgan fingerprint density at radius 2 is 0.669 bits per heavy atom. The lowest BCUT2D eigenvalue weighted by Crippen LogP contribution is -2.38. The van der Waals surface area contributed by atoms with Gasteiger partial charge in [-0.15, -0.1) is 45.3 Å². The monoisotopic (exact) mass is 1910 g/mol. The van der Waals surface area contributed by atoms with Crippen LogP contribution >= 0.6 is 45.3 Å². The van der Waals surface area contributed by atoms with Crippen LogP contribution < -0.4 is 37.2 Å². The summed E-state index contributed by atoms with van der Waals surface area (Å²) in [5, 5.41) is 70.9. The average molecular weight is 1910 g/mol. The van der Waals surface area contributed by atoms with Crippen molar-refractivity contribution in [1.82, 2.24) is 80.3 Å². The summed E-state index contributed by atoms with van der Waals surface area (Å²) in [5.41, 5.74) is 4.43. The fraction of sp³-hybridized carbons (Fsp3) is 0.583. The number of hydrogen-bond donors (Lipinski definition) is 12. The molecular weight excluding hydrogens is 1770 g/mol. The second-order valence-corrected chi connectivity index (χ2v) is 45.3. The van der Waals surface area contributed by atoms with Gasteiger partial charge in [0.25, 0.3) is 47.3 Å². The van der Waals surface area contributed by atoms with Crippen molar-refractivity contribution in [3.63, 3.8) is 0 Å². The predicted molar refractivity (Wildman–Crippen MR) is 527 cm³/mol. The van der Waals surface area contributed by atoms with Crippen LogP contribution in [0.4, 0.5) is 23.3 Å². The maximum atomic E-state index is 13.6. The van der Waals surface area contributed by atoms with E-state index in [1.54, 1.807) is 69.2 Å². The van der Waals surface area contributed by atoms with Crippen LogP contribution in [-0.2, 0) is 0 Å². The van der Waals surface area contributed by atoms with Gasteiger partial charge in [0.1, 0.15) is 46.0 Å². The van der Waals surface area contributed by atoms with Crippen LogP contribution in [0.1, 0.15) is 307 Å². The highest BCUT2D eigenvalue weighted by Gasteiger charge is 2.41. The van der Waals surface area contributed by atoms with E-state index in [4.69, 9.17) is 5.11 Å². The maximum Gasteiger partial charge on any atom is 0.282 e. The van der Waals surface area contributed by atoms with Crippen molar-refractivity contribution in [1.29, 1.82) is 0 Å².